The van der Waals surface area contributed by atoms with Gasteiger partial charge < -0.3 is 0 Å². The Morgan fingerprint density at radius 2 is 1.89 bits per heavy atom. The molecule has 0 saturated carbocycles. The number of nitrogens with zero attached hydrogens (tertiary/aromatic N) is 1. The second-order valence-electron chi connectivity index (χ2n) is 2.84. The van der Waals surface area contributed by atoms with Gasteiger partial charge in [-0.15, -0.1) is 10.7 Å². The Bertz CT molecular complexity index is 97.1. The van der Waals surface area contributed by atoms with Gasteiger partial charge in [0.25, 0.3) is 0 Å². The highest BCUT2D eigenvalue weighted by Crippen LogP contribution is 2.15. The molecule has 0 heterocycles. The molecule has 0 radical (unpaired) electrons. The molecule has 1 unspecified atom stereocenters. The van der Waals surface area contributed by atoms with Crippen LogP contribution in [-0.2, 0) is 0 Å². The van der Waals surface area contributed by atoms with Crippen molar-refractivity contribution >= 4 is 16.5 Å². The summed E-state index contributed by atoms with van der Waals surface area (Å²) in [4.78, 5) is 0. The second-order valence-corrected chi connectivity index (χ2v) is 4.82. The molecule has 0 aliphatic heterocycles. The highest BCUT2D eigenvalue weighted by Gasteiger charge is 1.97. The van der Waals surface area contributed by atoms with Crippen LogP contribution in [0.5, 0.6) is 0 Å². The Balaban J connectivity index is 3.51. The molecule has 56 valence electrons. The normalized spacial score (nSPS) is 14.9. The summed E-state index contributed by atoms with van der Waals surface area (Å²) in [5.74, 6) is 6.02. The van der Waals surface area contributed by atoms with E-state index in [1.807, 2.05) is 0 Å². The number of hydrogen-bond acceptors (Lipinski definition) is 1. The summed E-state index contributed by atoms with van der Waals surface area (Å²) in [5.41, 5.74) is 0. The Labute approximate surface area is 61.1 Å². The van der Waals surface area contributed by atoms with E-state index in [2.05, 4.69) is 38.1 Å². The van der Waals surface area contributed by atoms with Crippen LogP contribution in [0.25, 0.3) is 0 Å². The van der Waals surface area contributed by atoms with Gasteiger partial charge in [-0.1, -0.05) is 19.7 Å². The minimum Gasteiger partial charge on any atom is -0.263 e. The Hall–Kier alpha value is 0.180. The maximum atomic E-state index is 4.03. The van der Waals surface area contributed by atoms with E-state index in [1.54, 1.807) is 0 Å². The average molecular weight is 147 g/mol. The van der Waals surface area contributed by atoms with Crippen LogP contribution in [0.1, 0.15) is 13.8 Å². The van der Waals surface area contributed by atoms with Crippen molar-refractivity contribution < 1.29 is 0 Å². The first-order valence-corrected chi connectivity index (χ1v) is 4.74. The van der Waals surface area contributed by atoms with Crippen LogP contribution in [0.3, 0.4) is 0 Å². The lowest BCUT2D eigenvalue weighted by molar-refractivity contribution is 0.677. The standard InChI is InChI=1S/C7H17NS/c1-7(2)6-9(5)8(3)4/h7H,5-6H2,1-4H3. The fourth-order valence-electron chi connectivity index (χ4n) is 0.534. The van der Waals surface area contributed by atoms with Gasteiger partial charge in [-0.2, -0.15) is 0 Å². The van der Waals surface area contributed by atoms with Crippen LogP contribution < -0.4 is 0 Å². The monoisotopic (exact) mass is 147 g/mol. The molecule has 0 aliphatic carbocycles. The lowest BCUT2D eigenvalue weighted by atomic mass is 10.3. The molecule has 9 heavy (non-hydrogen) atoms. The minimum absolute atomic E-state index is 0.231. The third kappa shape index (κ3) is 4.67. The van der Waals surface area contributed by atoms with Gasteiger partial charge in [0.1, 0.15) is 0 Å². The zero-order chi connectivity index (χ0) is 7.44. The quantitative estimate of drug-likeness (QED) is 0.550. The van der Waals surface area contributed by atoms with Crippen molar-refractivity contribution in [1.29, 1.82) is 0 Å². The van der Waals surface area contributed by atoms with Crippen LogP contribution >= 0.6 is 10.7 Å². The summed E-state index contributed by atoms with van der Waals surface area (Å²) in [6.07, 6.45) is 0. The van der Waals surface area contributed by atoms with Crippen molar-refractivity contribution in [3.05, 3.63) is 0 Å². The second kappa shape index (κ2) is 4.07. The van der Waals surface area contributed by atoms with E-state index in [0.29, 0.717) is 0 Å². The van der Waals surface area contributed by atoms with Crippen molar-refractivity contribution in [2.45, 2.75) is 13.8 Å². The van der Waals surface area contributed by atoms with Crippen LogP contribution in [0, 0.1) is 5.92 Å². The van der Waals surface area contributed by atoms with Crippen molar-refractivity contribution in [3.63, 3.8) is 0 Å². The third-order valence-corrected chi connectivity index (χ3v) is 3.13. The maximum absolute atomic E-state index is 4.03. The van der Waals surface area contributed by atoms with Gasteiger partial charge in [0.05, 0.1) is 0 Å². The van der Waals surface area contributed by atoms with Gasteiger partial charge in [-0.05, 0) is 20.0 Å². The number of hydrogen-bond donors (Lipinski definition) is 0. The van der Waals surface area contributed by atoms with E-state index in [9.17, 15) is 0 Å². The molecule has 0 amide bonds. The molecule has 0 aliphatic rings. The fourth-order valence-corrected chi connectivity index (χ4v) is 1.60. The predicted molar refractivity (Wildman–Crippen MR) is 48.1 cm³/mol. The van der Waals surface area contributed by atoms with Gasteiger partial charge in [-0.25, -0.2) is 0 Å². The summed E-state index contributed by atoms with van der Waals surface area (Å²) in [5, 5.41) is 0. The molecular formula is C7H17NS. The summed E-state index contributed by atoms with van der Waals surface area (Å²) in [6, 6.07) is 0. The molecule has 0 aromatic rings. The van der Waals surface area contributed by atoms with Crippen LogP contribution in [0.2, 0.25) is 0 Å². The first-order valence-electron chi connectivity index (χ1n) is 3.22. The van der Waals surface area contributed by atoms with E-state index in [0.717, 1.165) is 5.92 Å². The van der Waals surface area contributed by atoms with Crippen molar-refractivity contribution in [1.82, 2.24) is 4.31 Å². The molecule has 2 heteroatoms. The van der Waals surface area contributed by atoms with E-state index in [1.165, 1.54) is 5.75 Å². The van der Waals surface area contributed by atoms with Gasteiger partial charge in [0, 0.05) is 5.75 Å². The summed E-state index contributed by atoms with van der Waals surface area (Å²) >= 11 is 0. The minimum atomic E-state index is 0.231. The lowest BCUT2D eigenvalue weighted by Crippen LogP contribution is -2.07. The average Bonchev–Trinajstić information content (AvgIpc) is 1.63. The zero-order valence-electron chi connectivity index (χ0n) is 6.85. The molecule has 0 spiro atoms. The highest BCUT2D eigenvalue weighted by molar-refractivity contribution is 8.12. The van der Waals surface area contributed by atoms with Crippen molar-refractivity contribution in [2.24, 2.45) is 5.92 Å². The van der Waals surface area contributed by atoms with Crippen molar-refractivity contribution in [2.75, 3.05) is 19.8 Å². The topological polar surface area (TPSA) is 3.24 Å². The van der Waals surface area contributed by atoms with Gasteiger partial charge in [-0.3, -0.25) is 4.31 Å². The molecule has 1 nitrogen and oxygen atoms in total. The van der Waals surface area contributed by atoms with Crippen molar-refractivity contribution in [3.8, 4) is 0 Å². The van der Waals surface area contributed by atoms with E-state index < -0.39 is 0 Å². The molecule has 0 saturated heterocycles. The molecule has 0 aromatic heterocycles. The predicted octanol–water partition coefficient (Wildman–Crippen LogP) is 1.82. The maximum Gasteiger partial charge on any atom is 0.00346 e. The van der Waals surface area contributed by atoms with E-state index >= 15 is 0 Å². The fraction of sp³-hybridized carbons (Fsp3) is 0.857. The molecule has 0 aromatic carbocycles. The molecule has 0 bridgehead atoms. The van der Waals surface area contributed by atoms with Crippen LogP contribution in [-0.4, -0.2) is 30.0 Å². The molecule has 1 atom stereocenters. The van der Waals surface area contributed by atoms with Gasteiger partial charge in [0.2, 0.25) is 0 Å². The first-order chi connectivity index (χ1) is 4.04. The summed E-state index contributed by atoms with van der Waals surface area (Å²) in [7, 11) is 4.40. The third-order valence-electron chi connectivity index (χ3n) is 1.04. The Morgan fingerprint density at radius 3 is 2.00 bits per heavy atom. The Morgan fingerprint density at radius 1 is 1.44 bits per heavy atom. The Kier molecular flexibility index (Phi) is 4.15. The highest BCUT2D eigenvalue weighted by atomic mass is 32.2. The number of rotatable bonds is 3. The molecular weight excluding hydrogens is 130 g/mol. The summed E-state index contributed by atoms with van der Waals surface area (Å²) < 4.78 is 2.18. The largest absolute Gasteiger partial charge is 0.263 e. The van der Waals surface area contributed by atoms with Crippen LogP contribution in [0.15, 0.2) is 0 Å². The molecule has 0 fully saturated rings. The zero-order valence-corrected chi connectivity index (χ0v) is 7.66. The summed E-state index contributed by atoms with van der Waals surface area (Å²) in [6.45, 7) is 4.46. The SMILES string of the molecule is C=S(CC(C)C)N(C)C. The smallest absolute Gasteiger partial charge is 0.00346 e. The van der Waals surface area contributed by atoms with E-state index in [-0.39, 0.29) is 10.7 Å². The lowest BCUT2D eigenvalue weighted by Gasteiger charge is -2.16. The van der Waals surface area contributed by atoms with Crippen LogP contribution in [0.4, 0.5) is 0 Å². The van der Waals surface area contributed by atoms with Gasteiger partial charge >= 0.3 is 0 Å². The first kappa shape index (κ1) is 9.18. The molecule has 0 rings (SSSR count). The van der Waals surface area contributed by atoms with E-state index in [4.69, 9.17) is 0 Å². The molecule has 0 N–H and O–H groups in total. The van der Waals surface area contributed by atoms with Gasteiger partial charge in [0.15, 0.2) is 0 Å².